The summed E-state index contributed by atoms with van der Waals surface area (Å²) < 4.78 is 75.8. The van der Waals surface area contributed by atoms with Gasteiger partial charge in [0.25, 0.3) is 0 Å². The van der Waals surface area contributed by atoms with E-state index in [-0.39, 0.29) is 36.0 Å². The molecule has 0 radical (unpaired) electrons. The van der Waals surface area contributed by atoms with Crippen molar-refractivity contribution < 1.29 is 50.8 Å². The number of likely N-dealkylation sites (tertiary alicyclic amines) is 1. The molecule has 10 nitrogen and oxygen atoms in total. The molecule has 0 saturated carbocycles. The molecule has 248 valence electrons. The summed E-state index contributed by atoms with van der Waals surface area (Å²) >= 11 is 1.13. The van der Waals surface area contributed by atoms with Crippen LogP contribution < -0.4 is 0 Å². The molecule has 1 N–H and O–H groups in total. The predicted molar refractivity (Wildman–Crippen MR) is 162 cm³/mol. The Morgan fingerprint density at radius 2 is 1.78 bits per heavy atom. The van der Waals surface area contributed by atoms with Gasteiger partial charge < -0.3 is 24.1 Å². The van der Waals surface area contributed by atoms with Gasteiger partial charge in [0.1, 0.15) is 35.5 Å². The van der Waals surface area contributed by atoms with Gasteiger partial charge in [-0.3, -0.25) is 4.90 Å². The van der Waals surface area contributed by atoms with E-state index in [4.69, 9.17) is 18.9 Å². The highest BCUT2D eigenvalue weighted by Gasteiger charge is 2.46. The van der Waals surface area contributed by atoms with Gasteiger partial charge in [-0.05, 0) is 51.8 Å². The Balaban J connectivity index is 1.55. The maximum atomic E-state index is 15.2. The summed E-state index contributed by atoms with van der Waals surface area (Å²) in [4.78, 5) is 27.3. The maximum absolute atomic E-state index is 15.2. The van der Waals surface area contributed by atoms with Crippen LogP contribution in [0.4, 0.5) is 13.6 Å². The quantitative estimate of drug-likeness (QED) is 0.360. The van der Waals surface area contributed by atoms with E-state index in [1.165, 1.54) is 17.0 Å². The lowest BCUT2D eigenvalue weighted by atomic mass is 9.91. The zero-order valence-corrected chi connectivity index (χ0v) is 27.5. The van der Waals surface area contributed by atoms with Gasteiger partial charge in [0, 0.05) is 35.2 Å². The molecule has 2 aromatic rings. The molecule has 2 aromatic carbocycles. The number of aliphatic hydroxyl groups is 1. The Morgan fingerprint density at radius 1 is 1.13 bits per heavy atom. The van der Waals surface area contributed by atoms with E-state index < -0.39 is 68.4 Å². The highest BCUT2D eigenvalue weighted by Crippen LogP contribution is 2.41. The molecule has 2 saturated heterocycles. The Bertz CT molecular complexity index is 1490. The molecular formula is C31H39F2NO9S2. The van der Waals surface area contributed by atoms with Gasteiger partial charge in [-0.1, -0.05) is 25.1 Å². The van der Waals surface area contributed by atoms with E-state index in [9.17, 15) is 27.5 Å². The zero-order chi connectivity index (χ0) is 33.2. The third kappa shape index (κ3) is 8.15. The summed E-state index contributed by atoms with van der Waals surface area (Å²) in [6.45, 7) is 6.83. The van der Waals surface area contributed by atoms with Gasteiger partial charge >= 0.3 is 12.1 Å². The van der Waals surface area contributed by atoms with Crippen molar-refractivity contribution in [2.75, 3.05) is 38.4 Å². The average molecular weight is 672 g/mol. The Morgan fingerprint density at radius 3 is 2.36 bits per heavy atom. The molecule has 0 aliphatic carbocycles. The van der Waals surface area contributed by atoms with E-state index in [0.717, 1.165) is 30.2 Å². The van der Waals surface area contributed by atoms with Crippen LogP contribution in [0, 0.1) is 11.6 Å². The van der Waals surface area contributed by atoms with Crippen molar-refractivity contribution >= 4 is 33.7 Å². The monoisotopic (exact) mass is 671 g/mol. The number of amides is 1. The smallest absolute Gasteiger partial charge is 0.411 e. The van der Waals surface area contributed by atoms with Crippen molar-refractivity contribution in [2.24, 2.45) is 0 Å². The Labute approximate surface area is 266 Å². The number of sulfone groups is 1. The van der Waals surface area contributed by atoms with Crippen LogP contribution in [0.1, 0.15) is 51.7 Å². The largest absolute Gasteiger partial charge is 0.461 e. The molecule has 14 heteroatoms. The molecule has 2 fully saturated rings. The number of thioether (sulfide) groups is 1. The van der Waals surface area contributed by atoms with Gasteiger partial charge in [-0.2, -0.15) is 0 Å². The minimum Gasteiger partial charge on any atom is -0.461 e. The summed E-state index contributed by atoms with van der Waals surface area (Å²) in [5.74, 6) is -3.89. The molecule has 1 amide bonds. The number of esters is 1. The molecule has 2 aliphatic rings. The molecule has 2 aliphatic heterocycles. The molecule has 0 unspecified atom stereocenters. The number of nitrogens with zero attached hydrogens (tertiary/aromatic N) is 1. The van der Waals surface area contributed by atoms with E-state index in [1.54, 1.807) is 39.8 Å². The number of hydrogen-bond acceptors (Lipinski definition) is 10. The molecule has 3 atom stereocenters. The van der Waals surface area contributed by atoms with Crippen LogP contribution in [0.25, 0.3) is 0 Å². The second-order valence-corrected chi connectivity index (χ2v) is 15.5. The van der Waals surface area contributed by atoms with Crippen LogP contribution in [0.3, 0.4) is 0 Å². The first-order valence-electron chi connectivity index (χ1n) is 14.5. The first-order chi connectivity index (χ1) is 20.9. The van der Waals surface area contributed by atoms with Crippen molar-refractivity contribution in [1.29, 1.82) is 0 Å². The number of ether oxygens (including phenoxy) is 4. The van der Waals surface area contributed by atoms with E-state index in [1.807, 2.05) is 0 Å². The van der Waals surface area contributed by atoms with Gasteiger partial charge in [0.05, 0.1) is 23.9 Å². The minimum atomic E-state index is -3.43. The molecular weight excluding hydrogens is 632 g/mol. The number of carbonyl (C=O) groups is 2. The highest BCUT2D eigenvalue weighted by molar-refractivity contribution is 8.00. The summed E-state index contributed by atoms with van der Waals surface area (Å²) in [7, 11) is -3.43. The van der Waals surface area contributed by atoms with Crippen LogP contribution in [-0.4, -0.2) is 85.8 Å². The lowest BCUT2D eigenvalue weighted by Gasteiger charge is -2.36. The summed E-state index contributed by atoms with van der Waals surface area (Å²) in [6.07, 6.45) is 1.29. The Kier molecular flexibility index (Phi) is 10.5. The van der Waals surface area contributed by atoms with E-state index in [0.29, 0.717) is 24.5 Å². The van der Waals surface area contributed by atoms with Crippen molar-refractivity contribution in [1.82, 2.24) is 4.90 Å². The molecule has 2 heterocycles. The fraction of sp³-hybridized carbons (Fsp3) is 0.548. The molecule has 45 heavy (non-hydrogen) atoms. The van der Waals surface area contributed by atoms with Crippen LogP contribution in [0.2, 0.25) is 0 Å². The molecule has 0 spiro atoms. The van der Waals surface area contributed by atoms with Crippen LogP contribution in [0.5, 0.6) is 0 Å². The summed E-state index contributed by atoms with van der Waals surface area (Å²) in [6, 6.07) is 7.82. The maximum Gasteiger partial charge on any atom is 0.411 e. The number of hydrogen-bond donors (Lipinski definition) is 1. The SMILES string of the molecule is C[C@H](SCC1(c2ccc(S(C)(=O)=O)cc2)OCCO1)[C@@](O)(COC(=O)[C@@H]1CCCN1C(=O)OC(C)(C)C)c1ccc(F)cc1F. The van der Waals surface area contributed by atoms with Crippen molar-refractivity contribution in [2.45, 2.75) is 73.7 Å². The van der Waals surface area contributed by atoms with E-state index >= 15 is 4.39 Å². The van der Waals surface area contributed by atoms with Gasteiger partial charge in [-0.15, -0.1) is 11.8 Å². The fourth-order valence-electron chi connectivity index (χ4n) is 5.20. The molecule has 0 aromatic heterocycles. The van der Waals surface area contributed by atoms with Gasteiger partial charge in [-0.25, -0.2) is 26.8 Å². The first-order valence-corrected chi connectivity index (χ1v) is 17.4. The van der Waals surface area contributed by atoms with Gasteiger partial charge in [0.2, 0.25) is 5.79 Å². The highest BCUT2D eigenvalue weighted by atomic mass is 32.2. The summed E-state index contributed by atoms with van der Waals surface area (Å²) in [5, 5.41) is 11.1. The predicted octanol–water partition coefficient (Wildman–Crippen LogP) is 4.52. The molecule has 4 rings (SSSR count). The van der Waals surface area contributed by atoms with Crippen molar-refractivity contribution in [3.8, 4) is 0 Å². The minimum absolute atomic E-state index is 0.0838. The number of rotatable bonds is 10. The third-order valence-corrected chi connectivity index (χ3v) is 10.2. The van der Waals surface area contributed by atoms with E-state index in [2.05, 4.69) is 0 Å². The lowest BCUT2D eigenvalue weighted by molar-refractivity contribution is -0.157. The number of benzene rings is 2. The second-order valence-electron chi connectivity index (χ2n) is 12.2. The summed E-state index contributed by atoms with van der Waals surface area (Å²) in [5.41, 5.74) is -2.67. The van der Waals surface area contributed by atoms with Crippen LogP contribution >= 0.6 is 11.8 Å². The third-order valence-electron chi connectivity index (χ3n) is 7.66. The topological polar surface area (TPSA) is 129 Å². The lowest BCUT2D eigenvalue weighted by Crippen LogP contribution is -2.47. The van der Waals surface area contributed by atoms with Crippen molar-refractivity contribution in [3.63, 3.8) is 0 Å². The standard InChI is InChI=1S/C31H39F2NO9S2/c1-20(44-19-31(41-15-16-42-31)21-8-11-23(12-9-21)45(5,38)39)30(37,24-13-10-22(32)17-25(24)33)18-40-27(35)26-7-6-14-34(26)28(36)43-29(2,3)4/h8-13,17,20,26,37H,6-7,14-16,18-19H2,1-5H3/t20-,26-,30-/m0/s1. The fourth-order valence-corrected chi connectivity index (χ4v) is 7.10. The Hall–Kier alpha value is -2.78. The zero-order valence-electron chi connectivity index (χ0n) is 25.9. The van der Waals surface area contributed by atoms with Crippen molar-refractivity contribution in [3.05, 3.63) is 65.2 Å². The van der Waals surface area contributed by atoms with Crippen LogP contribution in [-0.2, 0) is 45.0 Å². The van der Waals surface area contributed by atoms with Gasteiger partial charge in [0.15, 0.2) is 9.84 Å². The average Bonchev–Trinajstić information content (AvgIpc) is 3.64. The number of halogens is 2. The first kappa shape index (κ1) is 35.1. The number of carbonyl (C=O) groups excluding carboxylic acids is 2. The normalized spacial score (nSPS) is 20.4. The van der Waals surface area contributed by atoms with Crippen LogP contribution in [0.15, 0.2) is 47.4 Å². The molecule has 0 bridgehead atoms. The second kappa shape index (κ2) is 13.5.